The summed E-state index contributed by atoms with van der Waals surface area (Å²) in [5, 5.41) is 3.39. The van der Waals surface area contributed by atoms with Crippen LogP contribution in [0.5, 0.6) is 11.5 Å². The molecule has 0 spiro atoms. The van der Waals surface area contributed by atoms with Crippen LogP contribution in [0.15, 0.2) is 36.4 Å². The molecule has 0 saturated carbocycles. The van der Waals surface area contributed by atoms with Crippen molar-refractivity contribution in [2.24, 2.45) is 0 Å². The van der Waals surface area contributed by atoms with E-state index in [9.17, 15) is 0 Å². The SMILES string of the molecule is CNC(c1ccc(C)cc1C)c1cccc(OC)c1OC. The third kappa shape index (κ3) is 3.03. The molecule has 2 rings (SSSR count). The van der Waals surface area contributed by atoms with Gasteiger partial charge < -0.3 is 14.8 Å². The Balaban J connectivity index is 2.56. The van der Waals surface area contributed by atoms with Crippen LogP contribution in [0.25, 0.3) is 0 Å². The monoisotopic (exact) mass is 285 g/mol. The van der Waals surface area contributed by atoms with E-state index in [1.807, 2.05) is 19.2 Å². The molecule has 21 heavy (non-hydrogen) atoms. The normalized spacial score (nSPS) is 12.0. The lowest BCUT2D eigenvalue weighted by atomic mass is 9.93. The number of hydrogen-bond donors (Lipinski definition) is 1. The molecule has 3 nitrogen and oxygen atoms in total. The van der Waals surface area contributed by atoms with Crippen LogP contribution in [-0.4, -0.2) is 21.3 Å². The molecule has 0 aliphatic carbocycles. The van der Waals surface area contributed by atoms with E-state index in [1.54, 1.807) is 14.2 Å². The van der Waals surface area contributed by atoms with E-state index < -0.39 is 0 Å². The first kappa shape index (κ1) is 15.4. The summed E-state index contributed by atoms with van der Waals surface area (Å²) in [7, 11) is 5.30. The summed E-state index contributed by atoms with van der Waals surface area (Å²) in [6.45, 7) is 4.25. The van der Waals surface area contributed by atoms with Crippen molar-refractivity contribution < 1.29 is 9.47 Å². The molecular weight excluding hydrogens is 262 g/mol. The lowest BCUT2D eigenvalue weighted by Gasteiger charge is -2.23. The first-order chi connectivity index (χ1) is 10.1. The van der Waals surface area contributed by atoms with Crippen LogP contribution < -0.4 is 14.8 Å². The molecule has 0 saturated heterocycles. The predicted molar refractivity (Wildman–Crippen MR) is 86.4 cm³/mol. The number of hydrogen-bond acceptors (Lipinski definition) is 3. The van der Waals surface area contributed by atoms with Gasteiger partial charge in [-0.3, -0.25) is 0 Å². The van der Waals surface area contributed by atoms with Gasteiger partial charge in [-0.05, 0) is 38.1 Å². The zero-order chi connectivity index (χ0) is 15.4. The van der Waals surface area contributed by atoms with Gasteiger partial charge in [-0.2, -0.15) is 0 Å². The second-order valence-electron chi connectivity index (χ2n) is 5.16. The Labute approximate surface area is 126 Å². The Bertz CT molecular complexity index is 623. The topological polar surface area (TPSA) is 30.5 Å². The Hall–Kier alpha value is -2.00. The average Bonchev–Trinajstić information content (AvgIpc) is 2.49. The predicted octanol–water partition coefficient (Wildman–Crippen LogP) is 3.63. The van der Waals surface area contributed by atoms with E-state index in [2.05, 4.69) is 43.4 Å². The number of benzene rings is 2. The number of nitrogens with one attached hydrogen (secondary N) is 1. The zero-order valence-corrected chi connectivity index (χ0v) is 13.4. The number of rotatable bonds is 5. The summed E-state index contributed by atoms with van der Waals surface area (Å²) < 4.78 is 11.0. The molecule has 0 fully saturated rings. The second-order valence-corrected chi connectivity index (χ2v) is 5.16. The van der Waals surface area contributed by atoms with E-state index in [4.69, 9.17) is 9.47 Å². The Morgan fingerprint density at radius 1 is 0.952 bits per heavy atom. The minimum atomic E-state index is 0.0654. The van der Waals surface area contributed by atoms with Crippen molar-refractivity contribution in [3.8, 4) is 11.5 Å². The first-order valence-corrected chi connectivity index (χ1v) is 7.07. The molecule has 3 heteroatoms. The van der Waals surface area contributed by atoms with Gasteiger partial charge in [0.25, 0.3) is 0 Å². The van der Waals surface area contributed by atoms with Gasteiger partial charge in [0.2, 0.25) is 0 Å². The molecule has 0 heterocycles. The fourth-order valence-corrected chi connectivity index (χ4v) is 2.77. The standard InChI is InChI=1S/C18H23NO2/c1-12-9-10-14(13(2)11-12)17(19-3)15-7-6-8-16(20-4)18(15)21-5/h6-11,17,19H,1-5H3. The van der Waals surface area contributed by atoms with Gasteiger partial charge in [0.1, 0.15) is 0 Å². The van der Waals surface area contributed by atoms with Gasteiger partial charge in [-0.15, -0.1) is 0 Å². The van der Waals surface area contributed by atoms with Gasteiger partial charge in [-0.1, -0.05) is 35.9 Å². The summed E-state index contributed by atoms with van der Waals surface area (Å²) in [6, 6.07) is 12.6. The van der Waals surface area contributed by atoms with Crippen LogP contribution in [-0.2, 0) is 0 Å². The van der Waals surface area contributed by atoms with Crippen molar-refractivity contribution in [1.29, 1.82) is 0 Å². The van der Waals surface area contributed by atoms with Gasteiger partial charge in [0.15, 0.2) is 11.5 Å². The molecule has 0 bridgehead atoms. The van der Waals surface area contributed by atoms with E-state index >= 15 is 0 Å². The lowest BCUT2D eigenvalue weighted by molar-refractivity contribution is 0.349. The van der Waals surface area contributed by atoms with Gasteiger partial charge in [0, 0.05) is 5.56 Å². The minimum Gasteiger partial charge on any atom is -0.493 e. The van der Waals surface area contributed by atoms with Crippen molar-refractivity contribution >= 4 is 0 Å². The number of aryl methyl sites for hydroxylation is 2. The van der Waals surface area contributed by atoms with E-state index in [1.165, 1.54) is 16.7 Å². The van der Waals surface area contributed by atoms with Crippen LogP contribution in [0.2, 0.25) is 0 Å². The second kappa shape index (κ2) is 6.64. The van der Waals surface area contributed by atoms with Gasteiger partial charge in [0.05, 0.1) is 20.3 Å². The molecule has 112 valence electrons. The third-order valence-electron chi connectivity index (χ3n) is 3.77. The molecule has 1 unspecified atom stereocenters. The maximum atomic E-state index is 5.57. The number of methoxy groups -OCH3 is 2. The molecule has 1 N–H and O–H groups in total. The Morgan fingerprint density at radius 3 is 2.29 bits per heavy atom. The summed E-state index contributed by atoms with van der Waals surface area (Å²) in [4.78, 5) is 0. The molecule has 0 amide bonds. The maximum Gasteiger partial charge on any atom is 0.165 e. The minimum absolute atomic E-state index is 0.0654. The number of para-hydroxylation sites is 1. The van der Waals surface area contributed by atoms with Gasteiger partial charge in [-0.25, -0.2) is 0 Å². The summed E-state index contributed by atoms with van der Waals surface area (Å²) in [5.41, 5.74) is 4.85. The summed E-state index contributed by atoms with van der Waals surface area (Å²) in [6.07, 6.45) is 0. The van der Waals surface area contributed by atoms with E-state index in [0.717, 1.165) is 17.1 Å². The third-order valence-corrected chi connectivity index (χ3v) is 3.77. The van der Waals surface area contributed by atoms with Crippen molar-refractivity contribution in [2.75, 3.05) is 21.3 Å². The van der Waals surface area contributed by atoms with E-state index in [0.29, 0.717) is 0 Å². The summed E-state index contributed by atoms with van der Waals surface area (Å²) in [5.74, 6) is 1.53. The molecule has 0 aliphatic heterocycles. The quantitative estimate of drug-likeness (QED) is 0.910. The highest BCUT2D eigenvalue weighted by Crippen LogP contribution is 2.37. The highest BCUT2D eigenvalue weighted by Gasteiger charge is 2.20. The highest BCUT2D eigenvalue weighted by molar-refractivity contribution is 5.51. The molecular formula is C18H23NO2. The largest absolute Gasteiger partial charge is 0.493 e. The van der Waals surface area contributed by atoms with Crippen molar-refractivity contribution in [2.45, 2.75) is 19.9 Å². The van der Waals surface area contributed by atoms with Crippen molar-refractivity contribution in [3.05, 3.63) is 58.7 Å². The fourth-order valence-electron chi connectivity index (χ4n) is 2.77. The lowest BCUT2D eigenvalue weighted by Crippen LogP contribution is -2.19. The smallest absolute Gasteiger partial charge is 0.165 e. The molecule has 0 radical (unpaired) electrons. The van der Waals surface area contributed by atoms with Crippen LogP contribution in [0.4, 0.5) is 0 Å². The molecule has 1 atom stereocenters. The van der Waals surface area contributed by atoms with Crippen molar-refractivity contribution in [3.63, 3.8) is 0 Å². The van der Waals surface area contributed by atoms with E-state index in [-0.39, 0.29) is 6.04 Å². The first-order valence-electron chi connectivity index (χ1n) is 7.07. The Kier molecular flexibility index (Phi) is 4.86. The Morgan fingerprint density at radius 2 is 1.71 bits per heavy atom. The zero-order valence-electron chi connectivity index (χ0n) is 13.4. The van der Waals surface area contributed by atoms with Crippen LogP contribution >= 0.6 is 0 Å². The van der Waals surface area contributed by atoms with Gasteiger partial charge >= 0.3 is 0 Å². The summed E-state index contributed by atoms with van der Waals surface area (Å²) >= 11 is 0. The highest BCUT2D eigenvalue weighted by atomic mass is 16.5. The fraction of sp³-hybridized carbons (Fsp3) is 0.333. The maximum absolute atomic E-state index is 5.57. The van der Waals surface area contributed by atoms with Crippen LogP contribution in [0, 0.1) is 13.8 Å². The number of ether oxygens (including phenoxy) is 2. The van der Waals surface area contributed by atoms with Crippen LogP contribution in [0.1, 0.15) is 28.3 Å². The molecule has 0 aromatic heterocycles. The molecule has 2 aromatic carbocycles. The average molecular weight is 285 g/mol. The van der Waals surface area contributed by atoms with Crippen molar-refractivity contribution in [1.82, 2.24) is 5.32 Å². The molecule has 0 aliphatic rings. The molecule has 2 aromatic rings. The van der Waals surface area contributed by atoms with Crippen LogP contribution in [0.3, 0.4) is 0 Å².